The maximum atomic E-state index is 8.36. The van der Waals surface area contributed by atoms with Crippen LogP contribution in [0.3, 0.4) is 0 Å². The summed E-state index contributed by atoms with van der Waals surface area (Å²) in [5.41, 5.74) is 5.55. The van der Waals surface area contributed by atoms with Gasteiger partial charge in [-0.3, -0.25) is 4.79 Å². The molecule has 3 nitrogen and oxygen atoms in total. The van der Waals surface area contributed by atoms with E-state index in [1.807, 2.05) is 0 Å². The number of rotatable bonds is 2. The first-order chi connectivity index (χ1) is 5.78. The monoisotopic (exact) mass is 173 g/mol. The SMILES string of the molecule is CCC1CCC(CN)C1.O=CO. The molecule has 0 aromatic heterocycles. The topological polar surface area (TPSA) is 63.3 Å². The summed E-state index contributed by atoms with van der Waals surface area (Å²) in [6, 6.07) is 0. The van der Waals surface area contributed by atoms with Gasteiger partial charge in [0, 0.05) is 0 Å². The van der Waals surface area contributed by atoms with Crippen LogP contribution in [0.25, 0.3) is 0 Å². The molecule has 1 saturated carbocycles. The van der Waals surface area contributed by atoms with Gasteiger partial charge >= 0.3 is 0 Å². The number of hydrogen-bond acceptors (Lipinski definition) is 2. The molecule has 0 amide bonds. The molecule has 1 aliphatic rings. The lowest BCUT2D eigenvalue weighted by Gasteiger charge is -2.05. The lowest BCUT2D eigenvalue weighted by atomic mass is 10.0. The lowest BCUT2D eigenvalue weighted by Crippen LogP contribution is -2.10. The van der Waals surface area contributed by atoms with Gasteiger partial charge in [-0.15, -0.1) is 0 Å². The van der Waals surface area contributed by atoms with Crippen LogP contribution in [0.2, 0.25) is 0 Å². The van der Waals surface area contributed by atoms with Crippen molar-refractivity contribution in [1.29, 1.82) is 0 Å². The van der Waals surface area contributed by atoms with E-state index in [-0.39, 0.29) is 6.47 Å². The van der Waals surface area contributed by atoms with Crippen LogP contribution in [-0.2, 0) is 4.79 Å². The first-order valence-electron chi connectivity index (χ1n) is 4.56. The van der Waals surface area contributed by atoms with Crippen molar-refractivity contribution in [3.63, 3.8) is 0 Å². The Morgan fingerprint density at radius 1 is 1.50 bits per heavy atom. The van der Waals surface area contributed by atoms with Gasteiger partial charge in [0.2, 0.25) is 0 Å². The molecule has 2 atom stereocenters. The van der Waals surface area contributed by atoms with E-state index in [9.17, 15) is 0 Å². The second-order valence-electron chi connectivity index (χ2n) is 3.29. The van der Waals surface area contributed by atoms with Crippen molar-refractivity contribution in [2.24, 2.45) is 17.6 Å². The van der Waals surface area contributed by atoms with Gasteiger partial charge in [0.05, 0.1) is 0 Å². The van der Waals surface area contributed by atoms with E-state index >= 15 is 0 Å². The van der Waals surface area contributed by atoms with Crippen LogP contribution in [0.5, 0.6) is 0 Å². The zero-order valence-corrected chi connectivity index (χ0v) is 7.70. The summed E-state index contributed by atoms with van der Waals surface area (Å²) in [5.74, 6) is 1.86. The van der Waals surface area contributed by atoms with Crippen molar-refractivity contribution in [1.82, 2.24) is 0 Å². The van der Waals surface area contributed by atoms with Crippen LogP contribution < -0.4 is 5.73 Å². The fourth-order valence-corrected chi connectivity index (χ4v) is 1.76. The Bertz CT molecular complexity index is 107. The molecule has 0 spiro atoms. The van der Waals surface area contributed by atoms with Crippen molar-refractivity contribution in [3.05, 3.63) is 0 Å². The van der Waals surface area contributed by atoms with E-state index in [0.29, 0.717) is 0 Å². The van der Waals surface area contributed by atoms with Crippen LogP contribution in [0, 0.1) is 11.8 Å². The molecule has 3 N–H and O–H groups in total. The van der Waals surface area contributed by atoms with Gasteiger partial charge in [-0.25, -0.2) is 0 Å². The van der Waals surface area contributed by atoms with Crippen molar-refractivity contribution >= 4 is 6.47 Å². The molecular weight excluding hydrogens is 154 g/mol. The van der Waals surface area contributed by atoms with E-state index < -0.39 is 0 Å². The van der Waals surface area contributed by atoms with Gasteiger partial charge < -0.3 is 10.8 Å². The average Bonchev–Trinajstić information content (AvgIpc) is 2.53. The summed E-state index contributed by atoms with van der Waals surface area (Å²) < 4.78 is 0. The molecule has 3 heteroatoms. The van der Waals surface area contributed by atoms with Gasteiger partial charge in [0.1, 0.15) is 0 Å². The smallest absolute Gasteiger partial charge is 0.290 e. The van der Waals surface area contributed by atoms with E-state index in [2.05, 4.69) is 6.92 Å². The highest BCUT2D eigenvalue weighted by atomic mass is 16.3. The average molecular weight is 173 g/mol. The second-order valence-corrected chi connectivity index (χ2v) is 3.29. The molecule has 0 aliphatic heterocycles. The van der Waals surface area contributed by atoms with Crippen LogP contribution in [0.15, 0.2) is 0 Å². The maximum Gasteiger partial charge on any atom is 0.290 e. The quantitative estimate of drug-likeness (QED) is 0.621. The summed E-state index contributed by atoms with van der Waals surface area (Å²) in [6.45, 7) is 2.94. The Balaban J connectivity index is 0.000000354. The highest BCUT2D eigenvalue weighted by molar-refractivity contribution is 5.32. The van der Waals surface area contributed by atoms with E-state index in [1.165, 1.54) is 25.7 Å². The van der Waals surface area contributed by atoms with Gasteiger partial charge in [-0.05, 0) is 31.2 Å². The minimum absolute atomic E-state index is 0.250. The number of carbonyl (C=O) groups is 1. The molecule has 1 fully saturated rings. The van der Waals surface area contributed by atoms with Crippen LogP contribution in [0.1, 0.15) is 32.6 Å². The zero-order valence-electron chi connectivity index (χ0n) is 7.70. The second kappa shape index (κ2) is 7.10. The molecule has 1 aliphatic carbocycles. The molecular formula is C9H19NO2. The molecule has 0 aromatic carbocycles. The Hall–Kier alpha value is -0.570. The Labute approximate surface area is 74.0 Å². The molecule has 12 heavy (non-hydrogen) atoms. The van der Waals surface area contributed by atoms with E-state index in [1.54, 1.807) is 0 Å². The Morgan fingerprint density at radius 3 is 2.25 bits per heavy atom. The molecule has 0 aromatic rings. The van der Waals surface area contributed by atoms with Crippen LogP contribution in [-0.4, -0.2) is 18.1 Å². The third kappa shape index (κ3) is 4.34. The molecule has 0 saturated heterocycles. The molecule has 72 valence electrons. The predicted octanol–water partition coefficient (Wildman–Crippen LogP) is 1.47. The number of carboxylic acid groups (broad SMARTS) is 1. The van der Waals surface area contributed by atoms with Crippen LogP contribution >= 0.6 is 0 Å². The van der Waals surface area contributed by atoms with Gasteiger partial charge in [-0.1, -0.05) is 19.8 Å². The minimum Gasteiger partial charge on any atom is -0.483 e. The standard InChI is InChI=1S/C8H17N.CH2O2/c1-2-7-3-4-8(5-7)6-9;2-1-3/h7-8H,2-6,9H2,1H3;1H,(H,2,3). The lowest BCUT2D eigenvalue weighted by molar-refractivity contribution is -0.122. The molecule has 0 heterocycles. The van der Waals surface area contributed by atoms with Crippen molar-refractivity contribution < 1.29 is 9.90 Å². The summed E-state index contributed by atoms with van der Waals surface area (Å²) in [5, 5.41) is 6.89. The third-order valence-corrected chi connectivity index (χ3v) is 2.56. The van der Waals surface area contributed by atoms with Gasteiger partial charge in [0.15, 0.2) is 0 Å². The Kier molecular flexibility index (Phi) is 6.76. The van der Waals surface area contributed by atoms with Crippen LogP contribution in [0.4, 0.5) is 0 Å². The molecule has 0 bridgehead atoms. The third-order valence-electron chi connectivity index (χ3n) is 2.56. The highest BCUT2D eigenvalue weighted by Crippen LogP contribution is 2.31. The van der Waals surface area contributed by atoms with E-state index in [4.69, 9.17) is 15.6 Å². The fourth-order valence-electron chi connectivity index (χ4n) is 1.76. The van der Waals surface area contributed by atoms with Crippen molar-refractivity contribution in [2.75, 3.05) is 6.54 Å². The zero-order chi connectivity index (χ0) is 9.40. The predicted molar refractivity (Wildman–Crippen MR) is 48.9 cm³/mol. The number of nitrogens with two attached hydrogens (primary N) is 1. The first-order valence-corrected chi connectivity index (χ1v) is 4.56. The minimum atomic E-state index is -0.250. The highest BCUT2D eigenvalue weighted by Gasteiger charge is 2.21. The van der Waals surface area contributed by atoms with Crippen molar-refractivity contribution in [2.45, 2.75) is 32.6 Å². The van der Waals surface area contributed by atoms with Gasteiger partial charge in [-0.2, -0.15) is 0 Å². The van der Waals surface area contributed by atoms with Gasteiger partial charge in [0.25, 0.3) is 6.47 Å². The molecule has 2 unspecified atom stereocenters. The fraction of sp³-hybridized carbons (Fsp3) is 0.889. The number of hydrogen-bond donors (Lipinski definition) is 2. The van der Waals surface area contributed by atoms with Crippen molar-refractivity contribution in [3.8, 4) is 0 Å². The first kappa shape index (κ1) is 11.4. The maximum absolute atomic E-state index is 8.36. The molecule has 1 rings (SSSR count). The summed E-state index contributed by atoms with van der Waals surface area (Å²) in [4.78, 5) is 8.36. The molecule has 0 radical (unpaired) electrons. The van der Waals surface area contributed by atoms with E-state index in [0.717, 1.165) is 18.4 Å². The Morgan fingerprint density at radius 2 is 2.00 bits per heavy atom. The summed E-state index contributed by atoms with van der Waals surface area (Å²) in [6.07, 6.45) is 5.57. The normalized spacial score (nSPS) is 27.5. The summed E-state index contributed by atoms with van der Waals surface area (Å²) in [7, 11) is 0. The largest absolute Gasteiger partial charge is 0.483 e. The summed E-state index contributed by atoms with van der Waals surface area (Å²) >= 11 is 0.